The summed E-state index contributed by atoms with van der Waals surface area (Å²) in [5.41, 5.74) is 7.20. The number of aryl methyl sites for hydroxylation is 2. The monoisotopic (exact) mass is 386 g/mol. The lowest BCUT2D eigenvalue weighted by molar-refractivity contribution is -0.116. The molecule has 2 rings (SSSR count). The summed E-state index contributed by atoms with van der Waals surface area (Å²) in [4.78, 5) is 11.4. The van der Waals surface area contributed by atoms with E-state index in [1.165, 1.54) is 18.2 Å². The molecule has 5 nitrogen and oxygen atoms in total. The molecule has 0 aliphatic rings. The number of sulfonamides is 1. The van der Waals surface area contributed by atoms with E-state index >= 15 is 0 Å². The van der Waals surface area contributed by atoms with Gasteiger partial charge >= 0.3 is 0 Å². The normalized spacial score (nSPS) is 11.3. The lowest BCUT2D eigenvalue weighted by Crippen LogP contribution is -2.39. The van der Waals surface area contributed by atoms with Gasteiger partial charge in [0.15, 0.2) is 0 Å². The van der Waals surface area contributed by atoms with Crippen LogP contribution in [-0.4, -0.2) is 20.9 Å². The first-order valence-corrected chi connectivity index (χ1v) is 9.16. The van der Waals surface area contributed by atoms with Crippen molar-refractivity contribution in [1.29, 1.82) is 0 Å². The Morgan fingerprint density at radius 3 is 2.33 bits per heavy atom. The lowest BCUT2D eigenvalue weighted by atomic mass is 10.1. The van der Waals surface area contributed by atoms with Crippen molar-refractivity contribution in [2.75, 3.05) is 10.8 Å². The molecule has 0 fully saturated rings. The highest BCUT2D eigenvalue weighted by atomic mass is 35.5. The van der Waals surface area contributed by atoms with Gasteiger partial charge in [-0.3, -0.25) is 9.10 Å². The van der Waals surface area contributed by atoms with Crippen LogP contribution in [0.4, 0.5) is 5.69 Å². The zero-order chi connectivity index (χ0) is 18.1. The van der Waals surface area contributed by atoms with Crippen molar-refractivity contribution in [3.63, 3.8) is 0 Å². The largest absolute Gasteiger partial charge is 0.368 e. The van der Waals surface area contributed by atoms with E-state index in [1.807, 2.05) is 13.0 Å². The van der Waals surface area contributed by atoms with Crippen molar-refractivity contribution < 1.29 is 13.2 Å². The minimum Gasteiger partial charge on any atom is -0.368 e. The van der Waals surface area contributed by atoms with E-state index in [1.54, 1.807) is 19.1 Å². The molecular weight excluding hydrogens is 371 g/mol. The highest BCUT2D eigenvalue weighted by Gasteiger charge is 2.28. The van der Waals surface area contributed by atoms with Crippen LogP contribution in [0, 0.1) is 13.8 Å². The van der Waals surface area contributed by atoms with Crippen LogP contribution < -0.4 is 10.0 Å². The summed E-state index contributed by atoms with van der Waals surface area (Å²) in [5, 5.41) is 0.349. The van der Waals surface area contributed by atoms with Crippen molar-refractivity contribution in [3.8, 4) is 0 Å². The number of carbonyl (C=O) groups excluding carboxylic acids is 1. The Hall–Kier alpha value is -1.76. The molecule has 1 amide bonds. The first kappa shape index (κ1) is 18.6. The minimum absolute atomic E-state index is 0.0703. The number of amides is 1. The summed E-state index contributed by atoms with van der Waals surface area (Å²) in [7, 11) is -4.04. The van der Waals surface area contributed by atoms with E-state index in [-0.39, 0.29) is 14.9 Å². The molecule has 128 valence electrons. The molecule has 0 heterocycles. The predicted molar refractivity (Wildman–Crippen MR) is 96.1 cm³/mol. The van der Waals surface area contributed by atoms with Gasteiger partial charge in [0.1, 0.15) is 6.54 Å². The fourth-order valence-electron chi connectivity index (χ4n) is 2.19. The summed E-state index contributed by atoms with van der Waals surface area (Å²) in [6.07, 6.45) is 0. The quantitative estimate of drug-likeness (QED) is 0.855. The molecule has 0 unspecified atom stereocenters. The van der Waals surface area contributed by atoms with Crippen molar-refractivity contribution in [2.24, 2.45) is 5.73 Å². The zero-order valence-corrected chi connectivity index (χ0v) is 15.4. The van der Waals surface area contributed by atoms with Crippen LogP contribution in [0.1, 0.15) is 11.1 Å². The predicted octanol–water partition coefficient (Wildman–Crippen LogP) is 3.29. The lowest BCUT2D eigenvalue weighted by Gasteiger charge is -2.25. The molecule has 0 bridgehead atoms. The number of nitrogens with two attached hydrogens (primary N) is 1. The van der Waals surface area contributed by atoms with Gasteiger partial charge in [-0.15, -0.1) is 0 Å². The number of halogens is 2. The smallest absolute Gasteiger partial charge is 0.264 e. The number of nitrogens with zero attached hydrogens (tertiary/aromatic N) is 1. The van der Waals surface area contributed by atoms with Crippen molar-refractivity contribution in [2.45, 2.75) is 18.7 Å². The number of carbonyl (C=O) groups is 1. The minimum atomic E-state index is -4.04. The highest BCUT2D eigenvalue weighted by Crippen LogP contribution is 2.30. The molecule has 2 aromatic carbocycles. The van der Waals surface area contributed by atoms with Gasteiger partial charge in [0.25, 0.3) is 10.0 Å². The molecule has 0 saturated carbocycles. The van der Waals surface area contributed by atoms with Gasteiger partial charge in [0, 0.05) is 0 Å². The molecule has 0 aliphatic carbocycles. The van der Waals surface area contributed by atoms with Crippen molar-refractivity contribution in [3.05, 3.63) is 57.6 Å². The molecule has 8 heteroatoms. The van der Waals surface area contributed by atoms with Crippen LogP contribution in [0.15, 0.2) is 41.3 Å². The van der Waals surface area contributed by atoms with Gasteiger partial charge in [0.2, 0.25) is 5.91 Å². The average Bonchev–Trinajstić information content (AvgIpc) is 2.50. The molecule has 24 heavy (non-hydrogen) atoms. The Morgan fingerprint density at radius 2 is 1.75 bits per heavy atom. The van der Waals surface area contributed by atoms with E-state index in [4.69, 9.17) is 28.9 Å². The standard InChI is InChI=1S/C16H16Cl2N2O3S/c1-10-3-4-11(2)15(7-10)20(9-16(19)21)24(22,23)12-5-6-13(17)14(18)8-12/h3-8H,9H2,1-2H3,(H2,19,21). The number of primary amides is 1. The number of anilines is 1. The summed E-state index contributed by atoms with van der Waals surface area (Å²) in [5.74, 6) is -0.764. The Morgan fingerprint density at radius 1 is 1.08 bits per heavy atom. The second-order valence-corrected chi connectivity index (χ2v) is 8.02. The molecule has 0 spiro atoms. The van der Waals surface area contributed by atoms with Crippen LogP contribution in [0.5, 0.6) is 0 Å². The molecule has 2 N–H and O–H groups in total. The second-order valence-electron chi connectivity index (χ2n) is 5.34. The van der Waals surface area contributed by atoms with Gasteiger partial charge in [-0.1, -0.05) is 35.3 Å². The summed E-state index contributed by atoms with van der Waals surface area (Å²) < 4.78 is 27.0. The third-order valence-electron chi connectivity index (χ3n) is 3.41. The highest BCUT2D eigenvalue weighted by molar-refractivity contribution is 7.92. The Labute approximate surface area is 151 Å². The molecule has 0 atom stereocenters. The maximum atomic E-state index is 13.0. The van der Waals surface area contributed by atoms with Gasteiger partial charge in [-0.25, -0.2) is 8.42 Å². The molecule has 0 saturated heterocycles. The van der Waals surface area contributed by atoms with E-state index < -0.39 is 22.5 Å². The van der Waals surface area contributed by atoms with Gasteiger partial charge in [-0.2, -0.15) is 0 Å². The van der Waals surface area contributed by atoms with Crippen LogP contribution in [0.25, 0.3) is 0 Å². The number of benzene rings is 2. The summed E-state index contributed by atoms with van der Waals surface area (Å²) in [6, 6.07) is 9.30. The van der Waals surface area contributed by atoms with Crippen LogP contribution in [0.2, 0.25) is 10.0 Å². The topological polar surface area (TPSA) is 80.5 Å². The number of hydrogen-bond donors (Lipinski definition) is 1. The van der Waals surface area contributed by atoms with Crippen LogP contribution in [0.3, 0.4) is 0 Å². The number of rotatable bonds is 5. The summed E-state index contributed by atoms with van der Waals surface area (Å²) in [6.45, 7) is 3.11. The molecular formula is C16H16Cl2N2O3S. The Bertz CT molecular complexity index is 898. The third kappa shape index (κ3) is 3.83. The summed E-state index contributed by atoms with van der Waals surface area (Å²) >= 11 is 11.8. The van der Waals surface area contributed by atoms with Gasteiger partial charge < -0.3 is 5.73 Å². The molecule has 2 aromatic rings. The second kappa shape index (κ2) is 7.01. The third-order valence-corrected chi connectivity index (χ3v) is 5.91. The van der Waals surface area contributed by atoms with Crippen molar-refractivity contribution in [1.82, 2.24) is 0 Å². The Kier molecular flexibility index (Phi) is 5.42. The molecule has 0 radical (unpaired) electrons. The van der Waals surface area contributed by atoms with Gasteiger partial charge in [-0.05, 0) is 49.2 Å². The van der Waals surface area contributed by atoms with E-state index in [9.17, 15) is 13.2 Å². The fourth-order valence-corrected chi connectivity index (χ4v) is 4.07. The maximum Gasteiger partial charge on any atom is 0.264 e. The molecule has 0 aliphatic heterocycles. The SMILES string of the molecule is Cc1ccc(C)c(N(CC(N)=O)S(=O)(=O)c2ccc(Cl)c(Cl)c2)c1. The van der Waals surface area contributed by atoms with E-state index in [0.717, 1.165) is 9.87 Å². The fraction of sp³-hybridized carbons (Fsp3) is 0.188. The van der Waals surface area contributed by atoms with Crippen molar-refractivity contribution >= 4 is 44.8 Å². The average molecular weight is 387 g/mol. The maximum absolute atomic E-state index is 13.0. The van der Waals surface area contributed by atoms with E-state index in [0.29, 0.717) is 11.3 Å². The van der Waals surface area contributed by atoms with Crippen LogP contribution >= 0.6 is 23.2 Å². The number of hydrogen-bond acceptors (Lipinski definition) is 3. The van der Waals surface area contributed by atoms with Gasteiger partial charge in [0.05, 0.1) is 20.6 Å². The van der Waals surface area contributed by atoms with E-state index in [2.05, 4.69) is 0 Å². The molecule has 0 aromatic heterocycles. The first-order valence-electron chi connectivity index (χ1n) is 6.96. The van der Waals surface area contributed by atoms with Crippen LogP contribution in [-0.2, 0) is 14.8 Å². The first-order chi connectivity index (χ1) is 11.1. The Balaban J connectivity index is 2.64. The zero-order valence-electron chi connectivity index (χ0n) is 13.1.